The molecule has 15 heavy (non-hydrogen) atoms. The van der Waals surface area contributed by atoms with Gasteiger partial charge in [0.25, 0.3) is 5.56 Å². The number of carbonyl (C=O) groups is 1. The van der Waals surface area contributed by atoms with Crippen LogP contribution in [0.5, 0.6) is 0 Å². The molecule has 0 aliphatic rings. The smallest absolute Gasteiger partial charge is 0.369 e. The SMILES string of the molecule is NC(=O)Cc1cc(C(F)(F)F)c(=O)[nH]n1. The largest absolute Gasteiger partial charge is 0.421 e. The summed E-state index contributed by atoms with van der Waals surface area (Å²) in [5.74, 6) is -0.831. The molecule has 0 aliphatic carbocycles. The molecule has 0 saturated heterocycles. The molecule has 0 fully saturated rings. The van der Waals surface area contributed by atoms with Crippen molar-refractivity contribution in [1.82, 2.24) is 10.2 Å². The van der Waals surface area contributed by atoms with E-state index in [0.717, 1.165) is 0 Å². The Kier molecular flexibility index (Phi) is 2.78. The number of nitrogens with zero attached hydrogens (tertiary/aromatic N) is 1. The van der Waals surface area contributed by atoms with Gasteiger partial charge in [-0.25, -0.2) is 5.10 Å². The molecule has 0 atom stereocenters. The zero-order valence-electron chi connectivity index (χ0n) is 7.26. The van der Waals surface area contributed by atoms with Gasteiger partial charge in [0.1, 0.15) is 5.56 Å². The van der Waals surface area contributed by atoms with Gasteiger partial charge in [-0.05, 0) is 6.07 Å². The molecule has 0 saturated carbocycles. The summed E-state index contributed by atoms with van der Waals surface area (Å²) in [6.07, 6.45) is -5.23. The Morgan fingerprint density at radius 2 is 2.13 bits per heavy atom. The molecule has 0 unspecified atom stereocenters. The molecule has 1 heterocycles. The summed E-state index contributed by atoms with van der Waals surface area (Å²) in [6, 6.07) is 0.504. The summed E-state index contributed by atoms with van der Waals surface area (Å²) < 4.78 is 36.6. The van der Waals surface area contributed by atoms with Crippen molar-refractivity contribution in [2.45, 2.75) is 12.6 Å². The fourth-order valence-corrected chi connectivity index (χ4v) is 0.927. The fraction of sp³-hybridized carbons (Fsp3) is 0.286. The number of primary amides is 1. The van der Waals surface area contributed by atoms with E-state index in [1.165, 1.54) is 0 Å². The van der Waals surface area contributed by atoms with Gasteiger partial charge >= 0.3 is 6.18 Å². The van der Waals surface area contributed by atoms with Gasteiger partial charge in [-0.1, -0.05) is 0 Å². The molecule has 5 nitrogen and oxygen atoms in total. The van der Waals surface area contributed by atoms with Crippen LogP contribution in [0.15, 0.2) is 10.9 Å². The lowest BCUT2D eigenvalue weighted by molar-refractivity contribution is -0.139. The van der Waals surface area contributed by atoms with Crippen LogP contribution in [0.3, 0.4) is 0 Å². The summed E-state index contributed by atoms with van der Waals surface area (Å²) in [5.41, 5.74) is 1.80. The molecular formula is C7H6F3N3O2. The molecule has 1 amide bonds. The number of alkyl halides is 3. The monoisotopic (exact) mass is 221 g/mol. The minimum absolute atomic E-state index is 0.227. The number of nitrogens with two attached hydrogens (primary N) is 1. The van der Waals surface area contributed by atoms with Crippen molar-refractivity contribution in [2.24, 2.45) is 5.73 Å². The molecule has 8 heteroatoms. The van der Waals surface area contributed by atoms with Gasteiger partial charge in [0.15, 0.2) is 0 Å². The van der Waals surface area contributed by atoms with Crippen LogP contribution < -0.4 is 11.3 Å². The van der Waals surface area contributed by atoms with Gasteiger partial charge in [-0.3, -0.25) is 9.59 Å². The summed E-state index contributed by atoms with van der Waals surface area (Å²) in [5, 5.41) is 4.90. The Morgan fingerprint density at radius 3 is 2.60 bits per heavy atom. The number of carbonyl (C=O) groups excluding carboxylic acids is 1. The number of aromatic nitrogens is 2. The second kappa shape index (κ2) is 3.71. The summed E-state index contributed by atoms with van der Waals surface area (Å²) in [7, 11) is 0. The molecule has 0 spiro atoms. The highest BCUT2D eigenvalue weighted by Gasteiger charge is 2.34. The first-order chi connectivity index (χ1) is 6.80. The van der Waals surface area contributed by atoms with Crippen LogP contribution in [0, 0.1) is 0 Å². The van der Waals surface area contributed by atoms with Crippen LogP contribution in [0.4, 0.5) is 13.2 Å². The lowest BCUT2D eigenvalue weighted by atomic mass is 10.2. The minimum atomic E-state index is -4.77. The molecule has 0 bridgehead atoms. The Hall–Kier alpha value is -1.86. The quantitative estimate of drug-likeness (QED) is 0.725. The van der Waals surface area contributed by atoms with E-state index in [-0.39, 0.29) is 5.69 Å². The summed E-state index contributed by atoms with van der Waals surface area (Å²) in [6.45, 7) is 0. The zero-order valence-corrected chi connectivity index (χ0v) is 7.26. The molecule has 1 rings (SSSR count). The molecule has 0 aromatic carbocycles. The van der Waals surface area contributed by atoms with Crippen molar-refractivity contribution in [3.8, 4) is 0 Å². The van der Waals surface area contributed by atoms with Gasteiger partial charge in [0, 0.05) is 0 Å². The van der Waals surface area contributed by atoms with Gasteiger partial charge < -0.3 is 5.73 Å². The number of hydrogen-bond acceptors (Lipinski definition) is 3. The van der Waals surface area contributed by atoms with Crippen molar-refractivity contribution in [2.75, 3.05) is 0 Å². The van der Waals surface area contributed by atoms with E-state index in [9.17, 15) is 22.8 Å². The van der Waals surface area contributed by atoms with Crippen molar-refractivity contribution >= 4 is 5.91 Å². The van der Waals surface area contributed by atoms with Crippen LogP contribution in [-0.4, -0.2) is 16.1 Å². The Labute approximate surface area is 81.1 Å². The molecule has 1 aromatic rings. The second-order valence-corrected chi connectivity index (χ2v) is 2.74. The second-order valence-electron chi connectivity index (χ2n) is 2.74. The normalized spacial score (nSPS) is 11.4. The van der Waals surface area contributed by atoms with E-state index < -0.39 is 29.6 Å². The van der Waals surface area contributed by atoms with E-state index in [4.69, 9.17) is 5.73 Å². The Morgan fingerprint density at radius 1 is 1.53 bits per heavy atom. The van der Waals surface area contributed by atoms with E-state index in [0.29, 0.717) is 6.07 Å². The third-order valence-corrected chi connectivity index (χ3v) is 1.52. The standard InChI is InChI=1S/C7H6F3N3O2/c8-7(9,10)4-1-3(2-5(11)14)12-13-6(4)15/h1H,2H2,(H2,11,14)(H,13,15). The number of aromatic amines is 1. The van der Waals surface area contributed by atoms with E-state index in [2.05, 4.69) is 5.10 Å². The minimum Gasteiger partial charge on any atom is -0.369 e. The van der Waals surface area contributed by atoms with Gasteiger partial charge in [0.05, 0.1) is 12.1 Å². The maximum absolute atomic E-state index is 12.2. The maximum Gasteiger partial charge on any atom is 0.421 e. The first kappa shape index (κ1) is 11.2. The zero-order chi connectivity index (χ0) is 11.6. The average Bonchev–Trinajstić information content (AvgIpc) is 2.05. The lowest BCUT2D eigenvalue weighted by Gasteiger charge is -2.05. The highest BCUT2D eigenvalue weighted by atomic mass is 19.4. The summed E-state index contributed by atoms with van der Waals surface area (Å²) >= 11 is 0. The Balaban J connectivity index is 3.17. The predicted octanol–water partition coefficient (Wildman–Crippen LogP) is -0.184. The van der Waals surface area contributed by atoms with Crippen LogP contribution in [0.2, 0.25) is 0 Å². The molecule has 0 radical (unpaired) electrons. The molecule has 82 valence electrons. The maximum atomic E-state index is 12.2. The molecule has 0 aliphatic heterocycles. The number of nitrogens with one attached hydrogen (secondary N) is 1. The summed E-state index contributed by atoms with van der Waals surface area (Å²) in [4.78, 5) is 21.2. The fourth-order valence-electron chi connectivity index (χ4n) is 0.927. The van der Waals surface area contributed by atoms with Crippen molar-refractivity contribution in [1.29, 1.82) is 0 Å². The number of amides is 1. The predicted molar refractivity (Wildman–Crippen MR) is 42.8 cm³/mol. The number of halogens is 3. The Bertz CT molecular complexity index is 438. The first-order valence-electron chi connectivity index (χ1n) is 3.75. The third kappa shape index (κ3) is 2.79. The van der Waals surface area contributed by atoms with Crippen LogP contribution in [-0.2, 0) is 17.4 Å². The highest BCUT2D eigenvalue weighted by molar-refractivity contribution is 5.76. The van der Waals surface area contributed by atoms with Crippen molar-refractivity contribution in [3.63, 3.8) is 0 Å². The molecule has 3 N–H and O–H groups in total. The van der Waals surface area contributed by atoms with Crippen LogP contribution in [0.25, 0.3) is 0 Å². The highest BCUT2D eigenvalue weighted by Crippen LogP contribution is 2.26. The first-order valence-corrected chi connectivity index (χ1v) is 3.75. The van der Waals surface area contributed by atoms with Crippen molar-refractivity contribution in [3.05, 3.63) is 27.7 Å². The number of rotatable bonds is 2. The van der Waals surface area contributed by atoms with Crippen LogP contribution >= 0.6 is 0 Å². The lowest BCUT2D eigenvalue weighted by Crippen LogP contribution is -2.24. The molecular weight excluding hydrogens is 215 g/mol. The van der Waals surface area contributed by atoms with E-state index >= 15 is 0 Å². The number of H-pyrrole nitrogens is 1. The average molecular weight is 221 g/mol. The van der Waals surface area contributed by atoms with Gasteiger partial charge in [-0.15, -0.1) is 0 Å². The van der Waals surface area contributed by atoms with Gasteiger partial charge in [0.2, 0.25) is 5.91 Å². The topological polar surface area (TPSA) is 88.8 Å². The van der Waals surface area contributed by atoms with E-state index in [1.54, 1.807) is 5.10 Å². The third-order valence-electron chi connectivity index (χ3n) is 1.52. The van der Waals surface area contributed by atoms with Crippen LogP contribution in [0.1, 0.15) is 11.3 Å². The number of hydrogen-bond donors (Lipinski definition) is 2. The van der Waals surface area contributed by atoms with E-state index in [1.807, 2.05) is 0 Å². The van der Waals surface area contributed by atoms with Crippen molar-refractivity contribution < 1.29 is 18.0 Å². The molecule has 1 aromatic heterocycles. The van der Waals surface area contributed by atoms with Gasteiger partial charge in [-0.2, -0.15) is 18.3 Å².